The minimum absolute atomic E-state index is 0.248. The maximum Gasteiger partial charge on any atom is 0.308 e. The Morgan fingerprint density at radius 3 is 2.41 bits per heavy atom. The van der Waals surface area contributed by atoms with Crippen molar-refractivity contribution in [1.82, 2.24) is 4.90 Å². The minimum atomic E-state index is -1.36. The van der Waals surface area contributed by atoms with E-state index < -0.39 is 29.4 Å². The standard InChI is InChI=1S/C33H24N2O5S/c1-19(36)40-22-14-12-21(13-15-22)29(37)28-27(30(38)26-11-6-18-41-26)33(24-9-4-5-10-25(24)34-32(33)39)31-23-8-3-2-7-20(23)16-17-35(28)31/h2-18,27-28,31H,1H3,(H,34,39)/t27-,28+,31+,33-/m1/s1. The lowest BCUT2D eigenvalue weighted by Crippen LogP contribution is -2.49. The average molecular weight is 561 g/mol. The number of hydrogen-bond acceptors (Lipinski definition) is 7. The van der Waals surface area contributed by atoms with Crippen molar-refractivity contribution in [3.05, 3.63) is 124 Å². The van der Waals surface area contributed by atoms with Crippen molar-refractivity contribution in [2.45, 2.75) is 24.4 Å². The molecule has 4 aromatic rings. The number of hydrogen-bond donors (Lipinski definition) is 1. The molecule has 1 spiro atoms. The van der Waals surface area contributed by atoms with E-state index >= 15 is 0 Å². The zero-order valence-corrected chi connectivity index (χ0v) is 22.8. The summed E-state index contributed by atoms with van der Waals surface area (Å²) in [6, 6.07) is 23.5. The first-order valence-corrected chi connectivity index (χ1v) is 14.1. The molecule has 1 N–H and O–H groups in total. The molecule has 3 aliphatic rings. The van der Waals surface area contributed by atoms with Crippen molar-refractivity contribution in [3.63, 3.8) is 0 Å². The number of amides is 1. The van der Waals surface area contributed by atoms with Crippen LogP contribution >= 0.6 is 11.3 Å². The molecule has 0 aliphatic carbocycles. The van der Waals surface area contributed by atoms with Crippen LogP contribution < -0.4 is 10.1 Å². The number of para-hydroxylation sites is 1. The Labute approximate surface area is 240 Å². The maximum atomic E-state index is 14.6. The quantitative estimate of drug-likeness (QED) is 0.193. The summed E-state index contributed by atoms with van der Waals surface area (Å²) in [4.78, 5) is 57.3. The van der Waals surface area contributed by atoms with Crippen molar-refractivity contribution in [2.24, 2.45) is 5.92 Å². The molecule has 0 unspecified atom stereocenters. The van der Waals surface area contributed by atoms with Crippen LogP contribution in [0.2, 0.25) is 0 Å². The van der Waals surface area contributed by atoms with Crippen LogP contribution in [0.3, 0.4) is 0 Å². The Balaban J connectivity index is 1.47. The second-order valence-corrected chi connectivity index (χ2v) is 11.4. The molecule has 0 radical (unpaired) electrons. The van der Waals surface area contributed by atoms with E-state index in [1.807, 2.05) is 71.1 Å². The maximum absolute atomic E-state index is 14.6. The van der Waals surface area contributed by atoms with Gasteiger partial charge >= 0.3 is 5.97 Å². The molecular formula is C33H24N2O5S. The molecule has 3 aliphatic heterocycles. The van der Waals surface area contributed by atoms with Crippen molar-refractivity contribution in [2.75, 3.05) is 5.32 Å². The van der Waals surface area contributed by atoms with Gasteiger partial charge in [0.05, 0.1) is 16.8 Å². The van der Waals surface area contributed by atoms with Gasteiger partial charge in [0.15, 0.2) is 11.6 Å². The Kier molecular flexibility index (Phi) is 5.76. The molecular weight excluding hydrogens is 536 g/mol. The largest absolute Gasteiger partial charge is 0.427 e. The zero-order valence-electron chi connectivity index (χ0n) is 21.9. The number of anilines is 1. The highest BCUT2D eigenvalue weighted by molar-refractivity contribution is 7.12. The van der Waals surface area contributed by atoms with Crippen molar-refractivity contribution >= 4 is 46.5 Å². The number of carbonyl (C=O) groups is 4. The molecule has 4 heterocycles. The lowest BCUT2D eigenvalue weighted by molar-refractivity contribution is -0.131. The number of rotatable bonds is 5. The average Bonchev–Trinajstić information content (AvgIpc) is 3.69. The van der Waals surface area contributed by atoms with Crippen LogP contribution in [-0.4, -0.2) is 34.4 Å². The lowest BCUT2D eigenvalue weighted by atomic mass is 9.63. The molecule has 202 valence electrons. The summed E-state index contributed by atoms with van der Waals surface area (Å²) in [5.41, 5.74) is 2.16. The number of fused-ring (bicyclic) bond motifs is 6. The fourth-order valence-corrected chi connectivity index (χ4v) is 7.47. The Bertz CT molecular complexity index is 1760. The highest BCUT2D eigenvalue weighted by Crippen LogP contribution is 2.62. The number of carbonyl (C=O) groups excluding carboxylic acids is 4. The van der Waals surface area contributed by atoms with Crippen LogP contribution in [-0.2, 0) is 15.0 Å². The van der Waals surface area contributed by atoms with E-state index in [1.165, 1.54) is 18.3 Å². The molecule has 1 fully saturated rings. The van der Waals surface area contributed by atoms with Gasteiger partial charge in [0.1, 0.15) is 17.2 Å². The van der Waals surface area contributed by atoms with Gasteiger partial charge in [-0.2, -0.15) is 0 Å². The van der Waals surface area contributed by atoms with E-state index in [0.717, 1.165) is 11.1 Å². The lowest BCUT2D eigenvalue weighted by Gasteiger charge is -2.38. The zero-order chi connectivity index (χ0) is 28.3. The van der Waals surface area contributed by atoms with Gasteiger partial charge in [-0.1, -0.05) is 48.5 Å². The third-order valence-corrected chi connectivity index (χ3v) is 9.17. The second kappa shape index (κ2) is 9.38. The van der Waals surface area contributed by atoms with Gasteiger partial charge in [-0.15, -0.1) is 11.3 Å². The van der Waals surface area contributed by atoms with E-state index in [-0.39, 0.29) is 17.5 Å². The smallest absolute Gasteiger partial charge is 0.308 e. The Morgan fingerprint density at radius 2 is 1.66 bits per heavy atom. The van der Waals surface area contributed by atoms with Gasteiger partial charge in [0.2, 0.25) is 5.91 Å². The number of benzene rings is 3. The molecule has 0 saturated carbocycles. The molecule has 4 atom stereocenters. The monoisotopic (exact) mass is 560 g/mol. The van der Waals surface area contributed by atoms with Gasteiger partial charge < -0.3 is 15.0 Å². The third kappa shape index (κ3) is 3.64. The highest BCUT2D eigenvalue weighted by Gasteiger charge is 2.70. The molecule has 7 nitrogen and oxygen atoms in total. The summed E-state index contributed by atoms with van der Waals surface area (Å²) in [6.45, 7) is 1.31. The minimum Gasteiger partial charge on any atom is -0.427 e. The molecule has 41 heavy (non-hydrogen) atoms. The van der Waals surface area contributed by atoms with Gasteiger partial charge in [-0.3, -0.25) is 19.2 Å². The number of thiophene rings is 1. The summed E-state index contributed by atoms with van der Waals surface area (Å²) >= 11 is 1.30. The van der Waals surface area contributed by atoms with Crippen LogP contribution in [0.15, 0.2) is 96.5 Å². The third-order valence-electron chi connectivity index (χ3n) is 8.29. The van der Waals surface area contributed by atoms with Crippen LogP contribution in [0.1, 0.15) is 49.7 Å². The molecule has 0 bridgehead atoms. The van der Waals surface area contributed by atoms with E-state index in [9.17, 15) is 19.2 Å². The van der Waals surface area contributed by atoms with Crippen molar-refractivity contribution in [1.29, 1.82) is 0 Å². The highest BCUT2D eigenvalue weighted by atomic mass is 32.1. The number of esters is 1. The summed E-state index contributed by atoms with van der Waals surface area (Å²) in [7, 11) is 0. The fourth-order valence-electron chi connectivity index (χ4n) is 6.76. The Hall–Kier alpha value is -4.82. The van der Waals surface area contributed by atoms with Crippen LogP contribution in [0.4, 0.5) is 5.69 Å². The normalized spacial score (nSPS) is 23.5. The van der Waals surface area contributed by atoms with Gasteiger partial charge in [-0.25, -0.2) is 0 Å². The van der Waals surface area contributed by atoms with Crippen LogP contribution in [0.25, 0.3) is 6.08 Å². The first-order valence-electron chi connectivity index (χ1n) is 13.3. The van der Waals surface area contributed by atoms with Crippen LogP contribution in [0.5, 0.6) is 5.75 Å². The number of nitrogens with one attached hydrogen (secondary N) is 1. The SMILES string of the molecule is CC(=O)Oc1ccc(C(=O)[C@@H]2[C@H](C(=O)c3cccs3)[C@@]3(C(=O)Nc4ccccc43)[C@@H]3c4ccccc4C=CN23)cc1. The molecule has 1 amide bonds. The van der Waals surface area contributed by atoms with Crippen molar-refractivity contribution < 1.29 is 23.9 Å². The second-order valence-electron chi connectivity index (χ2n) is 10.4. The summed E-state index contributed by atoms with van der Waals surface area (Å²) in [5, 5.41) is 4.87. The summed E-state index contributed by atoms with van der Waals surface area (Å²) in [5.74, 6) is -2.01. The van der Waals surface area contributed by atoms with Gasteiger partial charge in [0.25, 0.3) is 0 Å². The first kappa shape index (κ1) is 25.2. The Morgan fingerprint density at radius 1 is 0.902 bits per heavy atom. The predicted molar refractivity (Wildman–Crippen MR) is 155 cm³/mol. The van der Waals surface area contributed by atoms with Gasteiger partial charge in [0, 0.05) is 24.4 Å². The first-order chi connectivity index (χ1) is 19.9. The summed E-state index contributed by atoms with van der Waals surface area (Å²) in [6.07, 6.45) is 3.78. The molecule has 7 rings (SSSR count). The topological polar surface area (TPSA) is 92.8 Å². The number of ether oxygens (including phenoxy) is 1. The van der Waals surface area contributed by atoms with Crippen molar-refractivity contribution in [3.8, 4) is 5.75 Å². The van der Waals surface area contributed by atoms with Crippen LogP contribution in [0, 0.1) is 5.92 Å². The number of ketones is 2. The van der Waals surface area contributed by atoms with E-state index in [1.54, 1.807) is 36.4 Å². The van der Waals surface area contributed by atoms with E-state index in [0.29, 0.717) is 27.4 Å². The van der Waals surface area contributed by atoms with E-state index in [4.69, 9.17) is 4.74 Å². The molecule has 1 saturated heterocycles. The van der Waals surface area contributed by atoms with Gasteiger partial charge in [-0.05, 0) is 64.5 Å². The fraction of sp³-hybridized carbons (Fsp3) is 0.152. The van der Waals surface area contributed by atoms with E-state index in [2.05, 4.69) is 5.32 Å². The molecule has 3 aromatic carbocycles. The predicted octanol–water partition coefficient (Wildman–Crippen LogP) is 5.66. The molecule has 8 heteroatoms. The molecule has 1 aromatic heterocycles. The summed E-state index contributed by atoms with van der Waals surface area (Å²) < 4.78 is 5.16. The number of Topliss-reactive ketones (excluding diaryl/α,β-unsaturated/α-hetero) is 2. The number of nitrogens with zero attached hydrogens (tertiary/aromatic N) is 1.